The molecule has 1 fully saturated rings. The maximum atomic E-state index is 13.1. The summed E-state index contributed by atoms with van der Waals surface area (Å²) in [5.41, 5.74) is 8.28. The average Bonchev–Trinajstić information content (AvgIpc) is 3.13. The zero-order valence-electron chi connectivity index (χ0n) is 18.0. The third-order valence-electron chi connectivity index (χ3n) is 6.41. The molecule has 1 aromatic carbocycles. The van der Waals surface area contributed by atoms with Gasteiger partial charge in [-0.05, 0) is 62.1 Å². The summed E-state index contributed by atoms with van der Waals surface area (Å²) in [5.74, 6) is 2.70. The van der Waals surface area contributed by atoms with Gasteiger partial charge < -0.3 is 19.9 Å². The van der Waals surface area contributed by atoms with Gasteiger partial charge in [0.15, 0.2) is 5.82 Å². The molecule has 3 heterocycles. The van der Waals surface area contributed by atoms with Crippen molar-refractivity contribution in [3.63, 3.8) is 0 Å². The molecule has 1 aliphatic carbocycles. The second-order valence-corrected chi connectivity index (χ2v) is 8.49. The van der Waals surface area contributed by atoms with E-state index in [0.29, 0.717) is 30.8 Å². The lowest BCUT2D eigenvalue weighted by Crippen LogP contribution is -2.32. The molecule has 2 aliphatic rings. The molecular weight excluding hydrogens is 408 g/mol. The van der Waals surface area contributed by atoms with E-state index in [0.717, 1.165) is 43.7 Å². The van der Waals surface area contributed by atoms with Gasteiger partial charge in [0.05, 0.1) is 6.54 Å². The van der Waals surface area contributed by atoms with E-state index in [2.05, 4.69) is 32.2 Å². The average molecular weight is 435 g/mol. The molecular formula is C23H26N6O3. The van der Waals surface area contributed by atoms with Crippen molar-refractivity contribution in [3.05, 3.63) is 53.4 Å². The summed E-state index contributed by atoms with van der Waals surface area (Å²) in [5, 5.41) is 3.88. The number of benzene rings is 1. The Bertz CT molecular complexity index is 1110. The van der Waals surface area contributed by atoms with E-state index in [-0.39, 0.29) is 23.2 Å². The monoisotopic (exact) mass is 434 g/mol. The molecule has 5 rings (SSSR count). The fraction of sp³-hybridized carbons (Fsp3) is 0.435. The topological polar surface area (TPSA) is 120 Å². The van der Waals surface area contributed by atoms with Crippen LogP contribution in [-0.4, -0.2) is 39.2 Å². The number of carbonyl (C=O) groups is 1. The van der Waals surface area contributed by atoms with E-state index in [1.54, 1.807) is 4.90 Å². The first-order valence-electron chi connectivity index (χ1n) is 11.0. The highest BCUT2D eigenvalue weighted by Gasteiger charge is 2.29. The van der Waals surface area contributed by atoms with E-state index in [1.165, 1.54) is 11.9 Å². The summed E-state index contributed by atoms with van der Waals surface area (Å²) in [6.07, 6.45) is 6.73. The minimum Gasteiger partial charge on any atom is -0.475 e. The molecule has 9 heteroatoms. The number of ether oxygens (including phenoxy) is 1. The molecule has 1 amide bonds. The highest BCUT2D eigenvalue weighted by molar-refractivity contribution is 6.10. The van der Waals surface area contributed by atoms with Gasteiger partial charge in [-0.25, -0.2) is 9.97 Å². The minimum absolute atomic E-state index is 0.135. The first-order valence-corrected chi connectivity index (χ1v) is 11.0. The molecule has 2 aromatic heterocycles. The third-order valence-corrected chi connectivity index (χ3v) is 6.41. The summed E-state index contributed by atoms with van der Waals surface area (Å²) in [7, 11) is 0. The standard InChI is InChI=1S/C23H26N6O3/c1-14-27-19(32-28-14)12-15-2-4-16(5-3-15)17-6-8-18(9-7-17)29-10-11-31-22-20(23(29)30)21(24)25-13-26-22/h6-9,13,15-16H,2-5,10-12H2,1H3,(H2,24,25,26). The Morgan fingerprint density at radius 1 is 1.12 bits per heavy atom. The van der Waals surface area contributed by atoms with Crippen LogP contribution in [0.5, 0.6) is 5.88 Å². The van der Waals surface area contributed by atoms with Crippen LogP contribution in [0.3, 0.4) is 0 Å². The van der Waals surface area contributed by atoms with Gasteiger partial charge in [-0.15, -0.1) is 0 Å². The number of nitrogens with two attached hydrogens (primary N) is 1. The molecule has 0 saturated heterocycles. The molecule has 1 aliphatic heterocycles. The van der Waals surface area contributed by atoms with Crippen molar-refractivity contribution in [2.24, 2.45) is 5.92 Å². The molecule has 0 atom stereocenters. The molecule has 0 radical (unpaired) electrons. The van der Waals surface area contributed by atoms with E-state index in [4.69, 9.17) is 15.0 Å². The second-order valence-electron chi connectivity index (χ2n) is 8.49. The molecule has 0 bridgehead atoms. The van der Waals surface area contributed by atoms with Crippen LogP contribution in [0.4, 0.5) is 11.5 Å². The number of anilines is 2. The van der Waals surface area contributed by atoms with Crippen molar-refractivity contribution < 1.29 is 14.1 Å². The van der Waals surface area contributed by atoms with Crippen LogP contribution < -0.4 is 15.4 Å². The molecule has 3 aromatic rings. The van der Waals surface area contributed by atoms with Crippen LogP contribution in [0.1, 0.15) is 59.2 Å². The first-order chi connectivity index (χ1) is 15.6. The summed E-state index contributed by atoms with van der Waals surface area (Å²) >= 11 is 0. The normalized spacial score (nSPS) is 21.0. The lowest BCUT2D eigenvalue weighted by atomic mass is 9.77. The predicted octanol–water partition coefficient (Wildman–Crippen LogP) is 3.31. The Morgan fingerprint density at radius 3 is 2.62 bits per heavy atom. The number of hydrogen-bond donors (Lipinski definition) is 1. The van der Waals surface area contributed by atoms with Crippen molar-refractivity contribution in [2.75, 3.05) is 23.8 Å². The van der Waals surface area contributed by atoms with Crippen LogP contribution >= 0.6 is 0 Å². The SMILES string of the molecule is Cc1noc(CC2CCC(c3ccc(N4CCOc5ncnc(N)c5C4=O)cc3)CC2)n1. The van der Waals surface area contributed by atoms with Gasteiger partial charge in [0.25, 0.3) is 5.91 Å². The van der Waals surface area contributed by atoms with Crippen LogP contribution in [-0.2, 0) is 6.42 Å². The number of amides is 1. The highest BCUT2D eigenvalue weighted by Crippen LogP contribution is 2.38. The number of nitrogens with zero attached hydrogens (tertiary/aromatic N) is 5. The molecule has 0 unspecified atom stereocenters. The molecule has 2 N–H and O–H groups in total. The fourth-order valence-electron chi connectivity index (χ4n) is 4.71. The highest BCUT2D eigenvalue weighted by atomic mass is 16.5. The number of carbonyl (C=O) groups excluding carboxylic acids is 1. The summed E-state index contributed by atoms with van der Waals surface area (Å²) in [6, 6.07) is 8.27. The predicted molar refractivity (Wildman–Crippen MR) is 117 cm³/mol. The quantitative estimate of drug-likeness (QED) is 0.664. The van der Waals surface area contributed by atoms with Gasteiger partial charge in [0, 0.05) is 12.1 Å². The number of hydrogen-bond acceptors (Lipinski definition) is 8. The van der Waals surface area contributed by atoms with Crippen molar-refractivity contribution in [1.82, 2.24) is 20.1 Å². The number of aromatic nitrogens is 4. The Hall–Kier alpha value is -3.49. The maximum absolute atomic E-state index is 13.1. The Labute approximate surface area is 186 Å². The van der Waals surface area contributed by atoms with E-state index >= 15 is 0 Å². The Morgan fingerprint density at radius 2 is 1.91 bits per heavy atom. The fourth-order valence-corrected chi connectivity index (χ4v) is 4.71. The van der Waals surface area contributed by atoms with Crippen molar-refractivity contribution in [2.45, 2.75) is 44.9 Å². The van der Waals surface area contributed by atoms with Crippen LogP contribution in [0.15, 0.2) is 35.1 Å². The van der Waals surface area contributed by atoms with E-state index in [9.17, 15) is 4.79 Å². The maximum Gasteiger partial charge on any atom is 0.267 e. The largest absolute Gasteiger partial charge is 0.475 e. The van der Waals surface area contributed by atoms with E-state index < -0.39 is 0 Å². The van der Waals surface area contributed by atoms with Crippen LogP contribution in [0, 0.1) is 12.8 Å². The van der Waals surface area contributed by atoms with Gasteiger partial charge in [-0.1, -0.05) is 17.3 Å². The number of rotatable bonds is 4. The number of fused-ring (bicyclic) bond motifs is 1. The lowest BCUT2D eigenvalue weighted by molar-refractivity contribution is 0.0990. The van der Waals surface area contributed by atoms with Gasteiger partial charge in [0.1, 0.15) is 24.3 Å². The van der Waals surface area contributed by atoms with Gasteiger partial charge >= 0.3 is 0 Å². The van der Waals surface area contributed by atoms with Crippen molar-refractivity contribution >= 4 is 17.4 Å². The number of nitrogen functional groups attached to an aromatic ring is 1. The number of aryl methyl sites for hydroxylation is 1. The summed E-state index contributed by atoms with van der Waals surface area (Å²) in [6.45, 7) is 2.62. The summed E-state index contributed by atoms with van der Waals surface area (Å²) in [4.78, 5) is 27.1. The molecule has 9 nitrogen and oxygen atoms in total. The molecule has 32 heavy (non-hydrogen) atoms. The molecule has 0 spiro atoms. The van der Waals surface area contributed by atoms with E-state index in [1.807, 2.05) is 19.1 Å². The third kappa shape index (κ3) is 4.02. The second kappa shape index (κ2) is 8.57. The lowest BCUT2D eigenvalue weighted by Gasteiger charge is -2.28. The van der Waals surface area contributed by atoms with Crippen LogP contribution in [0.2, 0.25) is 0 Å². The zero-order valence-corrected chi connectivity index (χ0v) is 18.0. The van der Waals surface area contributed by atoms with Crippen molar-refractivity contribution in [3.8, 4) is 5.88 Å². The van der Waals surface area contributed by atoms with Crippen molar-refractivity contribution in [1.29, 1.82) is 0 Å². The van der Waals surface area contributed by atoms with Gasteiger partial charge in [-0.3, -0.25) is 4.79 Å². The summed E-state index contributed by atoms with van der Waals surface area (Å²) < 4.78 is 10.9. The first kappa shape index (κ1) is 20.4. The van der Waals surface area contributed by atoms with Crippen LogP contribution in [0.25, 0.3) is 0 Å². The zero-order chi connectivity index (χ0) is 22.1. The van der Waals surface area contributed by atoms with Gasteiger partial charge in [0.2, 0.25) is 11.8 Å². The van der Waals surface area contributed by atoms with Gasteiger partial charge in [-0.2, -0.15) is 4.98 Å². The smallest absolute Gasteiger partial charge is 0.267 e. The Kier molecular flexibility index (Phi) is 5.46. The molecule has 1 saturated carbocycles. The Balaban J connectivity index is 1.25. The minimum atomic E-state index is -0.236. The molecule has 166 valence electrons.